The van der Waals surface area contributed by atoms with Crippen molar-refractivity contribution in [2.45, 2.75) is 51.5 Å². The number of aliphatic carboxylic acids is 1. The van der Waals surface area contributed by atoms with Crippen molar-refractivity contribution < 1.29 is 24.2 Å². The zero-order valence-corrected chi connectivity index (χ0v) is 20.4. The number of amides is 2. The van der Waals surface area contributed by atoms with Gasteiger partial charge in [-0.1, -0.05) is 61.9 Å². The van der Waals surface area contributed by atoms with E-state index in [-0.39, 0.29) is 36.9 Å². The lowest BCUT2D eigenvalue weighted by molar-refractivity contribution is -0.149. The molecular formula is C28H34N2O5. The molecule has 0 aromatic heterocycles. The van der Waals surface area contributed by atoms with Crippen LogP contribution in [0.3, 0.4) is 0 Å². The van der Waals surface area contributed by atoms with Gasteiger partial charge in [-0.3, -0.25) is 9.59 Å². The lowest BCUT2D eigenvalue weighted by Crippen LogP contribution is -2.50. The molecule has 1 heterocycles. The summed E-state index contributed by atoms with van der Waals surface area (Å²) in [6, 6.07) is 16.2. The minimum Gasteiger partial charge on any atom is -0.481 e. The van der Waals surface area contributed by atoms with Crippen LogP contribution in [0.1, 0.15) is 56.6 Å². The highest BCUT2D eigenvalue weighted by Gasteiger charge is 2.35. The van der Waals surface area contributed by atoms with Crippen molar-refractivity contribution in [3.8, 4) is 11.1 Å². The number of nitrogens with zero attached hydrogens (tertiary/aromatic N) is 1. The smallest absolute Gasteiger partial charge is 0.407 e. The molecule has 0 spiro atoms. The number of hydrogen-bond donors (Lipinski definition) is 2. The van der Waals surface area contributed by atoms with Gasteiger partial charge in [0.05, 0.1) is 11.8 Å². The Labute approximate surface area is 206 Å². The lowest BCUT2D eigenvalue weighted by atomic mass is 9.90. The minimum atomic E-state index is -0.800. The quantitative estimate of drug-likeness (QED) is 0.576. The molecule has 1 fully saturated rings. The van der Waals surface area contributed by atoms with Crippen LogP contribution in [0, 0.1) is 11.8 Å². The second-order valence-corrected chi connectivity index (χ2v) is 9.63. The molecule has 0 bridgehead atoms. The van der Waals surface area contributed by atoms with E-state index in [0.717, 1.165) is 17.5 Å². The summed E-state index contributed by atoms with van der Waals surface area (Å²) in [5, 5.41) is 12.1. The lowest BCUT2D eigenvalue weighted by Gasteiger charge is -2.38. The number of likely N-dealkylation sites (tertiary alicyclic amines) is 1. The average Bonchev–Trinajstić information content (AvgIpc) is 3.18. The molecule has 1 unspecified atom stereocenters. The molecule has 1 aliphatic heterocycles. The monoisotopic (exact) mass is 478 g/mol. The Morgan fingerprint density at radius 3 is 2.29 bits per heavy atom. The van der Waals surface area contributed by atoms with Crippen molar-refractivity contribution in [1.29, 1.82) is 0 Å². The van der Waals surface area contributed by atoms with Crippen LogP contribution in [0.25, 0.3) is 11.1 Å². The highest BCUT2D eigenvalue weighted by Crippen LogP contribution is 2.44. The highest BCUT2D eigenvalue weighted by molar-refractivity contribution is 5.81. The summed E-state index contributed by atoms with van der Waals surface area (Å²) in [5.74, 6) is -1.60. The topological polar surface area (TPSA) is 95.9 Å². The van der Waals surface area contributed by atoms with Gasteiger partial charge in [-0.05, 0) is 48.4 Å². The molecule has 2 amide bonds. The number of carboxylic acid groups (broad SMARTS) is 1. The number of alkyl carbamates (subject to hydrolysis) is 1. The van der Waals surface area contributed by atoms with E-state index in [4.69, 9.17) is 4.74 Å². The van der Waals surface area contributed by atoms with Gasteiger partial charge in [0.1, 0.15) is 6.61 Å². The van der Waals surface area contributed by atoms with Crippen LogP contribution < -0.4 is 5.32 Å². The van der Waals surface area contributed by atoms with Gasteiger partial charge < -0.3 is 20.1 Å². The van der Waals surface area contributed by atoms with E-state index in [1.165, 1.54) is 11.1 Å². The Morgan fingerprint density at radius 2 is 1.71 bits per heavy atom. The van der Waals surface area contributed by atoms with Crippen molar-refractivity contribution in [3.05, 3.63) is 59.7 Å². The maximum atomic E-state index is 13.2. The van der Waals surface area contributed by atoms with Crippen LogP contribution in [0.15, 0.2) is 48.5 Å². The molecule has 4 rings (SSSR count). The second kappa shape index (κ2) is 10.9. The number of hydrogen-bond acceptors (Lipinski definition) is 4. The van der Waals surface area contributed by atoms with E-state index >= 15 is 0 Å². The molecule has 1 aliphatic carbocycles. The Balaban J connectivity index is 1.33. The Bertz CT molecular complexity index is 1040. The third-order valence-corrected chi connectivity index (χ3v) is 7.33. The fourth-order valence-electron chi connectivity index (χ4n) is 5.48. The Kier molecular flexibility index (Phi) is 7.73. The molecule has 0 radical (unpaired) electrons. The summed E-state index contributed by atoms with van der Waals surface area (Å²) in [4.78, 5) is 38.9. The minimum absolute atomic E-state index is 0.0161. The van der Waals surface area contributed by atoms with Gasteiger partial charge in [-0.15, -0.1) is 0 Å². The maximum absolute atomic E-state index is 13.2. The number of benzene rings is 2. The molecule has 1 saturated heterocycles. The van der Waals surface area contributed by atoms with Crippen LogP contribution >= 0.6 is 0 Å². The summed E-state index contributed by atoms with van der Waals surface area (Å²) in [6.07, 6.45) is 1.85. The normalized spacial score (nSPS) is 20.0. The number of carbonyl (C=O) groups is 3. The van der Waals surface area contributed by atoms with Gasteiger partial charge in [-0.25, -0.2) is 4.79 Å². The molecule has 3 atom stereocenters. The van der Waals surface area contributed by atoms with Gasteiger partial charge in [-0.2, -0.15) is 0 Å². The van der Waals surface area contributed by atoms with Gasteiger partial charge in [0.25, 0.3) is 0 Å². The predicted octanol–water partition coefficient (Wildman–Crippen LogP) is 4.65. The SMILES string of the molecule is CCCC(CNC(=O)OCC1c2ccccc2-c2ccccc21)C(=O)N1CC[C@@H](C(=O)O)C[C@H]1C. The van der Waals surface area contributed by atoms with E-state index in [1.807, 2.05) is 38.1 Å². The standard InChI is InChI=1S/C28H34N2O5/c1-3-8-20(26(31)30-14-13-19(27(32)33)15-18(30)2)16-29-28(34)35-17-25-23-11-6-4-9-21(23)22-10-5-7-12-24(22)25/h4-7,9-12,18-20,25H,3,8,13-17H2,1-2H3,(H,29,34)(H,32,33)/t18-,19-,20?/m1/s1. The van der Waals surface area contributed by atoms with E-state index in [0.29, 0.717) is 25.8 Å². The summed E-state index contributed by atoms with van der Waals surface area (Å²) in [5.41, 5.74) is 4.65. The van der Waals surface area contributed by atoms with Crippen LogP contribution in [-0.2, 0) is 14.3 Å². The van der Waals surface area contributed by atoms with Gasteiger partial charge in [0, 0.05) is 25.0 Å². The number of fused-ring (bicyclic) bond motifs is 3. The molecule has 0 saturated carbocycles. The van der Waals surface area contributed by atoms with E-state index in [9.17, 15) is 19.5 Å². The third-order valence-electron chi connectivity index (χ3n) is 7.33. The molecule has 7 heteroatoms. The van der Waals surface area contributed by atoms with E-state index in [1.54, 1.807) is 4.90 Å². The second-order valence-electron chi connectivity index (χ2n) is 9.63. The fourth-order valence-corrected chi connectivity index (χ4v) is 5.48. The number of carbonyl (C=O) groups excluding carboxylic acids is 2. The molecule has 35 heavy (non-hydrogen) atoms. The first-order chi connectivity index (χ1) is 16.9. The number of carboxylic acids is 1. The molecular weight excluding hydrogens is 444 g/mol. The summed E-state index contributed by atoms with van der Waals surface area (Å²) < 4.78 is 5.61. The molecule has 2 aliphatic rings. The van der Waals surface area contributed by atoms with Crippen LogP contribution in [-0.4, -0.2) is 53.7 Å². The Hall–Kier alpha value is -3.35. The van der Waals surface area contributed by atoms with Crippen LogP contribution in [0.5, 0.6) is 0 Å². The van der Waals surface area contributed by atoms with Crippen LogP contribution in [0.2, 0.25) is 0 Å². The molecule has 2 aromatic rings. The molecule has 2 aromatic carbocycles. The van der Waals surface area contributed by atoms with Crippen molar-refractivity contribution in [3.63, 3.8) is 0 Å². The summed E-state index contributed by atoms with van der Waals surface area (Å²) >= 11 is 0. The predicted molar refractivity (Wildman–Crippen MR) is 133 cm³/mol. The Morgan fingerprint density at radius 1 is 1.09 bits per heavy atom. The van der Waals surface area contributed by atoms with Crippen LogP contribution in [0.4, 0.5) is 4.79 Å². The number of piperidine rings is 1. The largest absolute Gasteiger partial charge is 0.481 e. The highest BCUT2D eigenvalue weighted by atomic mass is 16.5. The zero-order valence-electron chi connectivity index (χ0n) is 20.4. The molecule has 2 N–H and O–H groups in total. The molecule has 7 nitrogen and oxygen atoms in total. The van der Waals surface area contributed by atoms with Crippen molar-refractivity contribution >= 4 is 18.0 Å². The first-order valence-electron chi connectivity index (χ1n) is 12.5. The fraction of sp³-hybridized carbons (Fsp3) is 0.464. The van der Waals surface area contributed by atoms with Gasteiger partial charge >= 0.3 is 12.1 Å². The van der Waals surface area contributed by atoms with Crippen molar-refractivity contribution in [2.24, 2.45) is 11.8 Å². The maximum Gasteiger partial charge on any atom is 0.407 e. The number of nitrogens with one attached hydrogen (secondary N) is 1. The first kappa shape index (κ1) is 24.8. The zero-order chi connectivity index (χ0) is 24.9. The van der Waals surface area contributed by atoms with Crippen molar-refractivity contribution in [2.75, 3.05) is 19.7 Å². The van der Waals surface area contributed by atoms with Gasteiger partial charge in [0.15, 0.2) is 0 Å². The van der Waals surface area contributed by atoms with Crippen molar-refractivity contribution in [1.82, 2.24) is 10.2 Å². The summed E-state index contributed by atoms with van der Waals surface area (Å²) in [6.45, 7) is 4.77. The van der Waals surface area contributed by atoms with E-state index < -0.39 is 18.0 Å². The number of rotatable bonds is 8. The number of ether oxygens (including phenoxy) is 1. The van der Waals surface area contributed by atoms with Gasteiger partial charge in [0.2, 0.25) is 5.91 Å². The third kappa shape index (κ3) is 5.34. The van der Waals surface area contributed by atoms with E-state index in [2.05, 4.69) is 29.6 Å². The molecule has 186 valence electrons. The average molecular weight is 479 g/mol. The summed E-state index contributed by atoms with van der Waals surface area (Å²) in [7, 11) is 0. The first-order valence-corrected chi connectivity index (χ1v) is 12.5.